The average Bonchev–Trinajstić information content (AvgIpc) is 2.60. The molecule has 3 unspecified atom stereocenters. The van der Waals surface area contributed by atoms with Crippen LogP contribution >= 0.6 is 24.8 Å². The minimum atomic E-state index is -2.62. The molecule has 0 aliphatic carbocycles. The van der Waals surface area contributed by atoms with Crippen LogP contribution in [0.2, 0.25) is 0 Å². The van der Waals surface area contributed by atoms with Crippen molar-refractivity contribution in [3.63, 3.8) is 0 Å². The first-order valence-electron chi connectivity index (χ1n) is 9.13. The van der Waals surface area contributed by atoms with E-state index in [1.807, 2.05) is 0 Å². The molecule has 0 saturated carbocycles. The fourth-order valence-electron chi connectivity index (χ4n) is 1.47. The summed E-state index contributed by atoms with van der Waals surface area (Å²) in [5.74, 6) is 0. The largest absolute Gasteiger partial charge is 3.00 e. The molecule has 0 aromatic rings. The van der Waals surface area contributed by atoms with Crippen LogP contribution < -0.4 is 14.7 Å². The van der Waals surface area contributed by atoms with Gasteiger partial charge in [0.1, 0.15) is 19.8 Å². The maximum absolute atomic E-state index is 9.78. The van der Waals surface area contributed by atoms with Crippen molar-refractivity contribution in [2.45, 2.75) is 78.6 Å². The van der Waals surface area contributed by atoms with Crippen molar-refractivity contribution >= 4 is 24.8 Å². The summed E-state index contributed by atoms with van der Waals surface area (Å²) in [5, 5.41) is 0. The Morgan fingerprint density at radius 2 is 0.750 bits per heavy atom. The molecule has 0 aromatic heterocycles. The smallest absolute Gasteiger partial charge is 0.566 e. The Balaban J connectivity index is -0.000000152. The van der Waals surface area contributed by atoms with Crippen LogP contribution in [-0.4, -0.2) is 19.8 Å². The zero-order valence-corrected chi connectivity index (χ0v) is 20.6. The molecule has 13 heteroatoms. The summed E-state index contributed by atoms with van der Waals surface area (Å²) in [5.41, 5.74) is 0. The maximum Gasteiger partial charge on any atom is 3.00 e. The molecular weight excluding hydrogens is 473 g/mol. The molecule has 0 amide bonds. The van der Waals surface area contributed by atoms with Gasteiger partial charge in [-0.05, 0) is 33.0 Å². The average molecular weight is 506 g/mol. The summed E-state index contributed by atoms with van der Waals surface area (Å²) < 4.78 is 42.2. The van der Waals surface area contributed by atoms with Crippen LogP contribution in [0.1, 0.15) is 78.6 Å². The van der Waals surface area contributed by atoms with Gasteiger partial charge in [-0.3, -0.25) is 0 Å². The van der Waals surface area contributed by atoms with Gasteiger partial charge in [0, 0.05) is 0 Å². The van der Waals surface area contributed by atoms with Crippen LogP contribution in [0.3, 0.4) is 0 Å². The third-order valence-corrected chi connectivity index (χ3v) is 4.01. The van der Waals surface area contributed by atoms with Gasteiger partial charge in [0.25, 0.3) is 0 Å². The van der Waals surface area contributed by atoms with E-state index >= 15 is 0 Å². The number of hydrogen-bond acceptors (Lipinski definition) is 9. The second-order valence-electron chi connectivity index (χ2n) is 5.29. The third kappa shape index (κ3) is 50.4. The fourth-order valence-corrected chi connectivity index (χ4v) is 2.31. The molecule has 1 radical (unpaired) electrons. The predicted molar refractivity (Wildman–Crippen MR) is 99.3 cm³/mol. The number of hydrogen-bond donors (Lipinski definition) is 0. The molecule has 0 bridgehead atoms. The number of unbranched alkanes of at least 4 members (excludes halogenated alkanes) is 6. The first-order chi connectivity index (χ1) is 12.8. The molecular formula is C15H33FeO9P3+3. The van der Waals surface area contributed by atoms with Gasteiger partial charge in [0.2, 0.25) is 0 Å². The summed E-state index contributed by atoms with van der Waals surface area (Å²) in [6.07, 6.45) is 8.84. The monoisotopic (exact) mass is 506 g/mol. The molecule has 9 nitrogen and oxygen atoms in total. The van der Waals surface area contributed by atoms with Gasteiger partial charge in [-0.2, -0.15) is 0 Å². The Bertz CT molecular complexity index is 311. The summed E-state index contributed by atoms with van der Waals surface area (Å²) >= 11 is 0. The van der Waals surface area contributed by atoms with Crippen molar-refractivity contribution in [3.8, 4) is 0 Å². The Hall–Kier alpha value is 0.579. The van der Waals surface area contributed by atoms with Gasteiger partial charge in [-0.1, -0.05) is 59.3 Å². The van der Waals surface area contributed by atoms with E-state index < -0.39 is 24.8 Å². The van der Waals surface area contributed by atoms with E-state index in [1.165, 1.54) is 0 Å². The van der Waals surface area contributed by atoms with Crippen molar-refractivity contribution < 1.29 is 59.0 Å². The second-order valence-corrected chi connectivity index (χ2v) is 7.41. The third-order valence-electron chi connectivity index (χ3n) is 2.83. The topological polar surface area (TPSA) is 148 Å². The zero-order valence-electron chi connectivity index (χ0n) is 16.9. The SMILES string of the molecule is CCCCCO[P+](=O)[O-].CCCCCO[P+](=O)[O-].CCCCCO[P+](=O)[O-].[Fe+3]. The van der Waals surface area contributed by atoms with Crippen LogP contribution in [0.25, 0.3) is 0 Å². The molecule has 0 aliphatic rings. The molecule has 0 aromatic carbocycles. The quantitative estimate of drug-likeness (QED) is 0.184. The van der Waals surface area contributed by atoms with Gasteiger partial charge in [0.05, 0.1) is 0 Å². The molecule has 0 heterocycles. The molecule has 0 spiro atoms. The van der Waals surface area contributed by atoms with Gasteiger partial charge >= 0.3 is 41.8 Å². The van der Waals surface area contributed by atoms with Crippen molar-refractivity contribution in [3.05, 3.63) is 0 Å². The van der Waals surface area contributed by atoms with E-state index in [-0.39, 0.29) is 17.1 Å². The molecule has 167 valence electrons. The van der Waals surface area contributed by atoms with Crippen LogP contribution in [0, 0.1) is 0 Å². The molecule has 28 heavy (non-hydrogen) atoms. The summed E-state index contributed by atoms with van der Waals surface area (Å²) in [7, 11) is -7.85. The normalized spacial score (nSPS) is 11.1. The summed E-state index contributed by atoms with van der Waals surface area (Å²) in [4.78, 5) is 29.3. The van der Waals surface area contributed by atoms with E-state index in [0.717, 1.165) is 57.8 Å². The summed E-state index contributed by atoms with van der Waals surface area (Å²) in [6, 6.07) is 0. The molecule has 0 fully saturated rings. The first-order valence-corrected chi connectivity index (χ1v) is 12.4. The van der Waals surface area contributed by atoms with Gasteiger partial charge < -0.3 is 14.7 Å². The minimum Gasteiger partial charge on any atom is -0.566 e. The fraction of sp³-hybridized carbons (Fsp3) is 1.00. The van der Waals surface area contributed by atoms with Crippen LogP contribution in [0.4, 0.5) is 0 Å². The molecule has 3 atom stereocenters. The Kier molecular flexibility index (Phi) is 41.4. The zero-order chi connectivity index (χ0) is 21.3. The van der Waals surface area contributed by atoms with E-state index in [1.54, 1.807) is 0 Å². The molecule has 0 N–H and O–H groups in total. The number of rotatable bonds is 15. The minimum absolute atomic E-state index is 0. The predicted octanol–water partition coefficient (Wildman–Crippen LogP) is 3.63. The Morgan fingerprint density at radius 1 is 0.536 bits per heavy atom. The van der Waals surface area contributed by atoms with Crippen LogP contribution in [0.5, 0.6) is 0 Å². The van der Waals surface area contributed by atoms with Crippen molar-refractivity contribution in [1.29, 1.82) is 0 Å². The van der Waals surface area contributed by atoms with Gasteiger partial charge in [0.15, 0.2) is 0 Å². The van der Waals surface area contributed by atoms with Crippen molar-refractivity contribution in [2.75, 3.05) is 19.8 Å². The van der Waals surface area contributed by atoms with Crippen molar-refractivity contribution in [1.82, 2.24) is 0 Å². The Labute approximate surface area is 182 Å². The molecule has 0 aliphatic heterocycles. The van der Waals surface area contributed by atoms with E-state index in [0.29, 0.717) is 19.8 Å². The van der Waals surface area contributed by atoms with Gasteiger partial charge in [-0.15, -0.1) is 13.6 Å². The maximum atomic E-state index is 9.78. The van der Waals surface area contributed by atoms with Crippen LogP contribution in [0.15, 0.2) is 0 Å². The molecule has 0 saturated heterocycles. The second kappa shape index (κ2) is 32.3. The van der Waals surface area contributed by atoms with E-state index in [4.69, 9.17) is 0 Å². The van der Waals surface area contributed by atoms with Gasteiger partial charge in [-0.25, -0.2) is 0 Å². The first kappa shape index (κ1) is 36.0. The van der Waals surface area contributed by atoms with Crippen LogP contribution in [-0.2, 0) is 44.3 Å². The Morgan fingerprint density at radius 3 is 0.893 bits per heavy atom. The van der Waals surface area contributed by atoms with E-state index in [2.05, 4.69) is 34.3 Å². The van der Waals surface area contributed by atoms with E-state index in [9.17, 15) is 28.4 Å². The van der Waals surface area contributed by atoms with Crippen molar-refractivity contribution in [2.24, 2.45) is 0 Å². The standard InChI is InChI=1S/3C5H11O3P.Fe/c3*1-2-3-4-5-8-9(6)7;/h3*2-5H2,1H3;/q;;;+3. The molecule has 0 rings (SSSR count). The summed E-state index contributed by atoms with van der Waals surface area (Å²) in [6.45, 7) is 7.18.